The van der Waals surface area contributed by atoms with Crippen LogP contribution in [0.25, 0.3) is 66.2 Å². The van der Waals surface area contributed by atoms with Crippen molar-refractivity contribution >= 4 is 32.7 Å². The molecule has 0 amide bonds. The number of benzene rings is 5. The average molecular weight is 550 g/mol. The Kier molecular flexibility index (Phi) is 5.81. The lowest BCUT2D eigenvalue weighted by Crippen LogP contribution is -1.95. The molecule has 0 saturated carbocycles. The van der Waals surface area contributed by atoms with Crippen LogP contribution in [0, 0.1) is 45.3 Å². The summed E-state index contributed by atoms with van der Waals surface area (Å²) in [5.41, 5.74) is 7.25. The van der Waals surface area contributed by atoms with Gasteiger partial charge >= 0.3 is 0 Å². The van der Waals surface area contributed by atoms with Crippen molar-refractivity contribution in [3.63, 3.8) is 0 Å². The first-order chi connectivity index (χ1) is 21.1. The fraction of sp³-hybridized carbons (Fsp3) is 0. The van der Waals surface area contributed by atoms with Crippen LogP contribution in [0.5, 0.6) is 0 Å². The number of hydrogen-bond donors (Lipinski definition) is 0. The van der Waals surface area contributed by atoms with Crippen molar-refractivity contribution in [2.45, 2.75) is 0 Å². The molecule has 0 aliphatic heterocycles. The highest BCUT2D eigenvalue weighted by atomic mass is 16.6. The Morgan fingerprint density at radius 3 is 1.91 bits per heavy atom. The third-order valence-electron chi connectivity index (χ3n) is 7.46. The molecule has 0 saturated heterocycles. The quantitative estimate of drug-likeness (QED) is 0.207. The number of pyridine rings is 1. The third kappa shape index (κ3) is 4.00. The summed E-state index contributed by atoms with van der Waals surface area (Å²) in [6.45, 7) is 0. The molecule has 8 nitrogen and oxygen atoms in total. The first-order valence-corrected chi connectivity index (χ1v) is 13.1. The molecule has 7 aromatic rings. The predicted octanol–water partition coefficient (Wildman–Crippen LogP) is 7.41. The third-order valence-corrected chi connectivity index (χ3v) is 7.46. The van der Waals surface area contributed by atoms with Crippen LogP contribution in [0.15, 0.2) is 95.6 Å². The summed E-state index contributed by atoms with van der Waals surface area (Å²) in [6, 6.07) is 36.0. The Morgan fingerprint density at radius 1 is 0.558 bits per heavy atom. The molecular weight excluding hydrogens is 534 g/mol. The summed E-state index contributed by atoms with van der Waals surface area (Å²) in [5.74, 6) is 0. The summed E-state index contributed by atoms with van der Waals surface area (Å²) in [4.78, 5) is 5.11. The van der Waals surface area contributed by atoms with Gasteiger partial charge in [-0.2, -0.15) is 21.0 Å². The Morgan fingerprint density at radius 2 is 1.23 bits per heavy atom. The molecule has 2 aromatic heterocycles. The second kappa shape index (κ2) is 9.95. The molecule has 0 aliphatic carbocycles. The van der Waals surface area contributed by atoms with E-state index in [4.69, 9.17) is 9.61 Å². The molecular formula is C35H15N7O. The zero-order valence-corrected chi connectivity index (χ0v) is 22.2. The summed E-state index contributed by atoms with van der Waals surface area (Å²) < 4.78 is 5.28. The summed E-state index contributed by atoms with van der Waals surface area (Å²) >= 11 is 0. The molecule has 0 fully saturated rings. The molecule has 0 unspecified atom stereocenters. The van der Waals surface area contributed by atoms with E-state index in [1.807, 2.05) is 72.8 Å². The lowest BCUT2D eigenvalue weighted by Gasteiger charge is -2.14. The minimum absolute atomic E-state index is 0.221. The maximum atomic E-state index is 9.89. The topological polar surface area (TPSA) is 147 Å². The van der Waals surface area contributed by atoms with Crippen LogP contribution in [0.1, 0.15) is 22.3 Å². The molecule has 0 aliphatic rings. The Hall–Kier alpha value is -6.87. The summed E-state index contributed by atoms with van der Waals surface area (Å²) in [7, 11) is 0. The zero-order chi connectivity index (χ0) is 29.5. The number of aromatic nitrogens is 3. The highest BCUT2D eigenvalue weighted by Gasteiger charge is 2.21. The van der Waals surface area contributed by atoms with Crippen molar-refractivity contribution in [3.05, 3.63) is 113 Å². The van der Waals surface area contributed by atoms with Crippen molar-refractivity contribution in [3.8, 4) is 57.8 Å². The lowest BCUT2D eigenvalue weighted by atomic mass is 9.90. The minimum atomic E-state index is 0.221. The molecule has 0 bridgehead atoms. The fourth-order valence-electron chi connectivity index (χ4n) is 5.53. The van der Waals surface area contributed by atoms with Gasteiger partial charge in [-0.15, -0.1) is 0 Å². The van der Waals surface area contributed by atoms with Gasteiger partial charge in [0.25, 0.3) is 0 Å². The first kappa shape index (κ1) is 25.1. The highest BCUT2D eigenvalue weighted by Crippen LogP contribution is 2.41. The molecule has 196 valence electrons. The van der Waals surface area contributed by atoms with Crippen molar-refractivity contribution in [2.75, 3.05) is 0 Å². The number of nitrogens with zero attached hydrogens (tertiary/aromatic N) is 7. The molecule has 7 rings (SSSR count). The van der Waals surface area contributed by atoms with E-state index in [1.54, 1.807) is 12.1 Å². The van der Waals surface area contributed by atoms with Gasteiger partial charge in [0.05, 0.1) is 57.7 Å². The van der Waals surface area contributed by atoms with Gasteiger partial charge in [0, 0.05) is 32.8 Å². The highest BCUT2D eigenvalue weighted by molar-refractivity contribution is 6.23. The maximum absolute atomic E-state index is 9.89. The Balaban J connectivity index is 1.60. The number of rotatable bonds is 3. The van der Waals surface area contributed by atoms with E-state index >= 15 is 0 Å². The number of hydrogen-bond acceptors (Lipinski definition) is 8. The molecule has 8 heteroatoms. The molecule has 2 heterocycles. The van der Waals surface area contributed by atoms with E-state index in [2.05, 4.69) is 28.5 Å². The van der Waals surface area contributed by atoms with Gasteiger partial charge in [0.15, 0.2) is 0 Å². The summed E-state index contributed by atoms with van der Waals surface area (Å²) in [6.07, 6.45) is 0. The molecule has 0 spiro atoms. The van der Waals surface area contributed by atoms with Crippen molar-refractivity contribution in [1.29, 1.82) is 21.0 Å². The molecule has 43 heavy (non-hydrogen) atoms. The van der Waals surface area contributed by atoms with E-state index in [0.29, 0.717) is 38.9 Å². The summed E-state index contributed by atoms with van der Waals surface area (Å²) in [5, 5.41) is 49.5. The second-order valence-electron chi connectivity index (χ2n) is 9.84. The molecule has 0 N–H and O–H groups in total. The van der Waals surface area contributed by atoms with Crippen LogP contribution < -0.4 is 0 Å². The SMILES string of the molecule is N#Cc1ccc(-c2nc3cc(-c4c(C#N)cc(C#N)cc4C#N)ccc3c3c2cc(-c2ccccc2)c2nonc23)cc1. The number of nitriles is 4. The average Bonchev–Trinajstić information content (AvgIpc) is 3.57. The van der Waals surface area contributed by atoms with E-state index in [-0.39, 0.29) is 16.7 Å². The number of fused-ring (bicyclic) bond motifs is 5. The molecule has 0 atom stereocenters. The van der Waals surface area contributed by atoms with Crippen molar-refractivity contribution in [1.82, 2.24) is 15.3 Å². The van der Waals surface area contributed by atoms with Crippen LogP contribution in [-0.2, 0) is 0 Å². The van der Waals surface area contributed by atoms with Gasteiger partial charge in [-0.3, -0.25) is 0 Å². The van der Waals surface area contributed by atoms with Gasteiger partial charge in [-0.25, -0.2) is 9.61 Å². The first-order valence-electron chi connectivity index (χ1n) is 13.1. The largest absolute Gasteiger partial charge is 0.247 e. The van der Waals surface area contributed by atoms with Crippen LogP contribution in [0.3, 0.4) is 0 Å². The maximum Gasteiger partial charge on any atom is 0.144 e. The minimum Gasteiger partial charge on any atom is -0.247 e. The van der Waals surface area contributed by atoms with Gasteiger partial charge in [-0.05, 0) is 57.8 Å². The van der Waals surface area contributed by atoms with Gasteiger partial charge in [0.1, 0.15) is 11.0 Å². The predicted molar refractivity (Wildman–Crippen MR) is 160 cm³/mol. The van der Waals surface area contributed by atoms with Gasteiger partial charge in [0.2, 0.25) is 0 Å². The van der Waals surface area contributed by atoms with E-state index < -0.39 is 0 Å². The fourth-order valence-corrected chi connectivity index (χ4v) is 5.53. The standard InChI is InChI=1S/C35H15N7O/c36-16-20-6-8-23(9-7-20)33-29-15-28(22-4-2-1-3-5-22)34-35(42-43-41-34)32(29)27-11-10-24(14-30(27)40-33)31-25(18-38)12-21(17-37)13-26(31)19-39/h1-15H. The van der Waals surface area contributed by atoms with Crippen LogP contribution in [-0.4, -0.2) is 15.3 Å². The molecule has 0 radical (unpaired) electrons. The van der Waals surface area contributed by atoms with Crippen LogP contribution in [0.4, 0.5) is 0 Å². The van der Waals surface area contributed by atoms with Crippen molar-refractivity contribution < 1.29 is 4.63 Å². The van der Waals surface area contributed by atoms with E-state index in [9.17, 15) is 21.0 Å². The Labute approximate surface area is 244 Å². The zero-order valence-electron chi connectivity index (χ0n) is 22.2. The monoisotopic (exact) mass is 549 g/mol. The van der Waals surface area contributed by atoms with Crippen LogP contribution in [0.2, 0.25) is 0 Å². The van der Waals surface area contributed by atoms with E-state index in [1.165, 1.54) is 12.1 Å². The van der Waals surface area contributed by atoms with Crippen molar-refractivity contribution in [2.24, 2.45) is 0 Å². The van der Waals surface area contributed by atoms with Crippen LogP contribution >= 0.6 is 0 Å². The lowest BCUT2D eigenvalue weighted by molar-refractivity contribution is 0.316. The van der Waals surface area contributed by atoms with Gasteiger partial charge in [-0.1, -0.05) is 54.6 Å². The van der Waals surface area contributed by atoms with Gasteiger partial charge < -0.3 is 0 Å². The normalized spacial score (nSPS) is 10.7. The smallest absolute Gasteiger partial charge is 0.144 e. The van der Waals surface area contributed by atoms with E-state index in [0.717, 1.165) is 32.8 Å². The molecule has 5 aromatic carbocycles. The second-order valence-corrected chi connectivity index (χ2v) is 9.84. The Bertz CT molecular complexity index is 2400.